The van der Waals surface area contributed by atoms with Crippen molar-refractivity contribution >= 4 is 37.5 Å². The zero-order valence-electron chi connectivity index (χ0n) is 11.0. The van der Waals surface area contributed by atoms with Gasteiger partial charge in [-0.2, -0.15) is 0 Å². The van der Waals surface area contributed by atoms with E-state index in [1.54, 1.807) is 18.2 Å². The summed E-state index contributed by atoms with van der Waals surface area (Å²) >= 11 is 6.75. The molecule has 0 fully saturated rings. The molecule has 0 saturated carbocycles. The van der Waals surface area contributed by atoms with E-state index in [-0.39, 0.29) is 11.7 Å². The maximum atomic E-state index is 10.8. The first-order chi connectivity index (χ1) is 9.88. The van der Waals surface area contributed by atoms with Crippen molar-refractivity contribution in [2.24, 2.45) is 5.73 Å². The smallest absolute Gasteiger partial charge is 0.273 e. The molecule has 7 heteroatoms. The van der Waals surface area contributed by atoms with E-state index >= 15 is 0 Å². The monoisotopic (exact) mass is 414 g/mol. The Morgan fingerprint density at radius 2 is 1.90 bits per heavy atom. The molecule has 2 N–H and O–H groups in total. The molecule has 1 unspecified atom stereocenters. The Hall–Kier alpha value is -1.44. The third-order valence-corrected chi connectivity index (χ3v) is 4.16. The number of hydrogen-bond acceptors (Lipinski definition) is 4. The van der Waals surface area contributed by atoms with Crippen molar-refractivity contribution < 1.29 is 9.66 Å². The summed E-state index contributed by atoms with van der Waals surface area (Å²) in [5, 5.41) is 10.8. The molecule has 0 aromatic heterocycles. The molecule has 1 atom stereocenters. The van der Waals surface area contributed by atoms with Crippen molar-refractivity contribution in [1.82, 2.24) is 0 Å². The lowest BCUT2D eigenvalue weighted by molar-refractivity contribution is -0.384. The summed E-state index contributed by atoms with van der Waals surface area (Å²) in [7, 11) is 0. The van der Waals surface area contributed by atoms with Crippen molar-refractivity contribution in [2.45, 2.75) is 13.0 Å². The fourth-order valence-corrected chi connectivity index (χ4v) is 2.80. The number of non-ortho nitro benzene ring substituents is 1. The largest absolute Gasteiger partial charge is 0.456 e. The van der Waals surface area contributed by atoms with Crippen LogP contribution in [0.3, 0.4) is 0 Å². The van der Waals surface area contributed by atoms with Gasteiger partial charge in [0.1, 0.15) is 11.5 Å². The molecule has 0 amide bonds. The molecule has 0 spiro atoms. The predicted octanol–water partition coefficient (Wildman–Crippen LogP) is 4.93. The average molecular weight is 416 g/mol. The maximum Gasteiger partial charge on any atom is 0.273 e. The van der Waals surface area contributed by atoms with E-state index in [0.29, 0.717) is 16.0 Å². The standard InChI is InChI=1S/C14H12Br2N2O3/c1-8(17)11-4-3-10(7-13(11)16)21-14-6-9(18(19)20)2-5-12(14)15/h2-8H,17H2,1H3. The average Bonchev–Trinajstić information content (AvgIpc) is 2.40. The fraction of sp³-hybridized carbons (Fsp3) is 0.143. The molecular formula is C14H12Br2N2O3. The zero-order chi connectivity index (χ0) is 15.6. The number of hydrogen-bond donors (Lipinski definition) is 1. The fourth-order valence-electron chi connectivity index (χ4n) is 1.75. The summed E-state index contributed by atoms with van der Waals surface area (Å²) in [4.78, 5) is 10.3. The summed E-state index contributed by atoms with van der Waals surface area (Å²) in [5.41, 5.74) is 6.77. The van der Waals surface area contributed by atoms with Gasteiger partial charge in [0.25, 0.3) is 5.69 Å². The number of rotatable bonds is 4. The third-order valence-electron chi connectivity index (χ3n) is 2.82. The summed E-state index contributed by atoms with van der Waals surface area (Å²) < 4.78 is 7.16. The Morgan fingerprint density at radius 1 is 1.19 bits per heavy atom. The van der Waals surface area contributed by atoms with Crippen LogP contribution in [0.4, 0.5) is 5.69 Å². The normalized spacial score (nSPS) is 12.0. The molecule has 0 saturated heterocycles. The van der Waals surface area contributed by atoms with E-state index in [4.69, 9.17) is 10.5 Å². The highest BCUT2D eigenvalue weighted by atomic mass is 79.9. The number of halogens is 2. The summed E-state index contributed by atoms with van der Waals surface area (Å²) in [5.74, 6) is 0.942. The minimum Gasteiger partial charge on any atom is -0.456 e. The van der Waals surface area contributed by atoms with Crippen molar-refractivity contribution in [2.75, 3.05) is 0 Å². The Kier molecular flexibility index (Phi) is 4.97. The Labute approximate surface area is 138 Å². The summed E-state index contributed by atoms with van der Waals surface area (Å²) in [6, 6.07) is 9.68. The minimum atomic E-state index is -0.464. The second-order valence-electron chi connectivity index (χ2n) is 4.45. The van der Waals surface area contributed by atoms with Gasteiger partial charge in [-0.25, -0.2) is 0 Å². The molecule has 2 rings (SSSR count). The van der Waals surface area contributed by atoms with Crippen molar-refractivity contribution in [3.8, 4) is 11.5 Å². The summed E-state index contributed by atoms with van der Waals surface area (Å²) in [6.45, 7) is 1.89. The molecule has 0 aliphatic heterocycles. The Morgan fingerprint density at radius 3 is 2.48 bits per heavy atom. The lowest BCUT2D eigenvalue weighted by Crippen LogP contribution is -2.05. The highest BCUT2D eigenvalue weighted by molar-refractivity contribution is 9.10. The molecule has 2 aromatic rings. The number of nitro groups is 1. The van der Waals surface area contributed by atoms with Crippen LogP contribution in [-0.2, 0) is 0 Å². The van der Waals surface area contributed by atoms with Crippen LogP contribution in [0.2, 0.25) is 0 Å². The molecule has 0 radical (unpaired) electrons. The van der Waals surface area contributed by atoms with Crippen LogP contribution < -0.4 is 10.5 Å². The first-order valence-corrected chi connectivity index (χ1v) is 7.64. The van der Waals surface area contributed by atoms with Gasteiger partial charge in [0.15, 0.2) is 0 Å². The molecule has 110 valence electrons. The van der Waals surface area contributed by atoms with Gasteiger partial charge in [-0.05, 0) is 46.6 Å². The lowest BCUT2D eigenvalue weighted by atomic mass is 10.1. The highest BCUT2D eigenvalue weighted by Gasteiger charge is 2.12. The van der Waals surface area contributed by atoms with Crippen LogP contribution in [0.5, 0.6) is 11.5 Å². The van der Waals surface area contributed by atoms with E-state index < -0.39 is 4.92 Å². The van der Waals surface area contributed by atoms with Crippen molar-refractivity contribution in [3.05, 3.63) is 61.0 Å². The predicted molar refractivity (Wildman–Crippen MR) is 87.6 cm³/mol. The topological polar surface area (TPSA) is 78.4 Å². The first kappa shape index (κ1) is 15.9. The lowest BCUT2D eigenvalue weighted by Gasteiger charge is -2.12. The van der Waals surface area contributed by atoms with Crippen LogP contribution >= 0.6 is 31.9 Å². The van der Waals surface area contributed by atoms with Gasteiger partial charge in [0, 0.05) is 16.6 Å². The molecular weight excluding hydrogens is 404 g/mol. The van der Waals surface area contributed by atoms with Gasteiger partial charge in [0.2, 0.25) is 0 Å². The van der Waals surface area contributed by atoms with E-state index in [1.165, 1.54) is 12.1 Å². The number of ether oxygens (including phenoxy) is 1. The summed E-state index contributed by atoms with van der Waals surface area (Å²) in [6.07, 6.45) is 0. The maximum absolute atomic E-state index is 10.8. The number of benzene rings is 2. The van der Waals surface area contributed by atoms with Gasteiger partial charge in [-0.15, -0.1) is 0 Å². The van der Waals surface area contributed by atoms with Crippen LogP contribution in [0.1, 0.15) is 18.5 Å². The zero-order valence-corrected chi connectivity index (χ0v) is 14.2. The van der Waals surface area contributed by atoms with Crippen LogP contribution in [-0.4, -0.2) is 4.92 Å². The van der Waals surface area contributed by atoms with E-state index in [0.717, 1.165) is 10.0 Å². The van der Waals surface area contributed by atoms with Gasteiger partial charge >= 0.3 is 0 Å². The highest BCUT2D eigenvalue weighted by Crippen LogP contribution is 2.35. The molecule has 0 aliphatic rings. The molecule has 5 nitrogen and oxygen atoms in total. The minimum absolute atomic E-state index is 0.0283. The van der Waals surface area contributed by atoms with E-state index in [2.05, 4.69) is 31.9 Å². The molecule has 0 aliphatic carbocycles. The van der Waals surface area contributed by atoms with Crippen molar-refractivity contribution in [1.29, 1.82) is 0 Å². The Bertz CT molecular complexity index is 690. The quantitative estimate of drug-likeness (QED) is 0.567. The van der Waals surface area contributed by atoms with Crippen molar-refractivity contribution in [3.63, 3.8) is 0 Å². The third kappa shape index (κ3) is 3.81. The van der Waals surface area contributed by atoms with Gasteiger partial charge < -0.3 is 10.5 Å². The van der Waals surface area contributed by atoms with Gasteiger partial charge in [-0.1, -0.05) is 22.0 Å². The first-order valence-electron chi connectivity index (χ1n) is 6.05. The number of nitrogens with zero attached hydrogens (tertiary/aromatic N) is 1. The molecule has 0 bridgehead atoms. The SMILES string of the molecule is CC(N)c1ccc(Oc2cc([N+](=O)[O-])ccc2Br)cc1Br. The second-order valence-corrected chi connectivity index (χ2v) is 6.15. The van der Waals surface area contributed by atoms with Crippen LogP contribution in [0, 0.1) is 10.1 Å². The molecule has 2 aromatic carbocycles. The van der Waals surface area contributed by atoms with Gasteiger partial charge in [0.05, 0.1) is 15.5 Å². The van der Waals surface area contributed by atoms with Crippen LogP contribution in [0.15, 0.2) is 45.3 Å². The molecule has 0 heterocycles. The Balaban J connectivity index is 2.32. The van der Waals surface area contributed by atoms with Gasteiger partial charge in [-0.3, -0.25) is 10.1 Å². The van der Waals surface area contributed by atoms with Crippen LogP contribution in [0.25, 0.3) is 0 Å². The number of nitrogens with two attached hydrogens (primary N) is 1. The van der Waals surface area contributed by atoms with E-state index in [1.807, 2.05) is 13.0 Å². The number of nitro benzene ring substituents is 1. The molecule has 21 heavy (non-hydrogen) atoms. The van der Waals surface area contributed by atoms with E-state index in [9.17, 15) is 10.1 Å². The second kappa shape index (κ2) is 6.55.